The maximum absolute atomic E-state index is 13.3. The summed E-state index contributed by atoms with van der Waals surface area (Å²) in [5.74, 6) is -1.32. The Kier molecular flexibility index (Phi) is 4.61. The average Bonchev–Trinajstić information content (AvgIpc) is 3.07. The van der Waals surface area contributed by atoms with Crippen LogP contribution in [0.15, 0.2) is 63.9 Å². The molecule has 0 fully saturated rings. The van der Waals surface area contributed by atoms with Crippen molar-refractivity contribution >= 4 is 17.3 Å². The lowest BCUT2D eigenvalue weighted by Gasteiger charge is -2.04. The number of nitro benzene ring substituents is 1. The van der Waals surface area contributed by atoms with E-state index < -0.39 is 22.3 Å². The highest BCUT2D eigenvalue weighted by Gasteiger charge is 2.17. The first-order valence-corrected chi connectivity index (χ1v) is 7.43. The van der Waals surface area contributed by atoms with E-state index >= 15 is 0 Å². The highest BCUT2D eigenvalue weighted by molar-refractivity contribution is 6.02. The minimum absolute atomic E-state index is 0.0454. The number of nitrogens with one attached hydrogen (secondary N) is 1. The molecule has 1 amide bonds. The minimum Gasteiger partial charge on any atom is -0.454 e. The van der Waals surface area contributed by atoms with E-state index in [9.17, 15) is 24.1 Å². The van der Waals surface area contributed by atoms with E-state index in [-0.39, 0.29) is 23.6 Å². The van der Waals surface area contributed by atoms with E-state index in [0.29, 0.717) is 5.76 Å². The molecule has 0 aliphatic carbocycles. The second-order valence-electron chi connectivity index (χ2n) is 5.31. The fourth-order valence-electron chi connectivity index (χ4n) is 2.27. The molecule has 0 spiro atoms. The third kappa shape index (κ3) is 3.66. The lowest BCUT2D eigenvalue weighted by Crippen LogP contribution is -2.18. The van der Waals surface area contributed by atoms with Gasteiger partial charge in [0.2, 0.25) is 5.82 Å². The van der Waals surface area contributed by atoms with Gasteiger partial charge in [-0.15, -0.1) is 0 Å². The number of benzene rings is 1. The first-order chi connectivity index (χ1) is 12.4. The Morgan fingerprint density at radius 3 is 2.77 bits per heavy atom. The number of pyridine rings is 1. The van der Waals surface area contributed by atoms with Crippen LogP contribution >= 0.6 is 0 Å². The number of furan rings is 1. The number of hydrogen-bond acceptors (Lipinski definition) is 5. The first kappa shape index (κ1) is 17.1. The van der Waals surface area contributed by atoms with Crippen LogP contribution in [0.25, 0.3) is 0 Å². The molecule has 0 bridgehead atoms. The smallest absolute Gasteiger partial charge is 0.306 e. The summed E-state index contributed by atoms with van der Waals surface area (Å²) in [5, 5.41) is 13.1. The van der Waals surface area contributed by atoms with Crippen molar-refractivity contribution in [2.75, 3.05) is 5.32 Å². The second kappa shape index (κ2) is 7.01. The molecule has 132 valence electrons. The molecule has 0 aliphatic heterocycles. The van der Waals surface area contributed by atoms with Crippen LogP contribution in [-0.4, -0.2) is 15.4 Å². The number of nitro groups is 1. The molecule has 0 saturated heterocycles. The Morgan fingerprint density at radius 1 is 1.23 bits per heavy atom. The van der Waals surface area contributed by atoms with Gasteiger partial charge in [-0.1, -0.05) is 6.07 Å². The molecule has 1 aromatic carbocycles. The van der Waals surface area contributed by atoms with Gasteiger partial charge in [0.1, 0.15) is 5.76 Å². The van der Waals surface area contributed by atoms with Gasteiger partial charge in [0.25, 0.3) is 11.5 Å². The van der Waals surface area contributed by atoms with Crippen molar-refractivity contribution in [1.29, 1.82) is 0 Å². The van der Waals surface area contributed by atoms with Crippen molar-refractivity contribution in [3.8, 4) is 0 Å². The number of amides is 1. The lowest BCUT2D eigenvalue weighted by atomic mass is 10.2. The predicted molar refractivity (Wildman–Crippen MR) is 89.5 cm³/mol. The van der Waals surface area contributed by atoms with Gasteiger partial charge in [0.05, 0.1) is 11.5 Å². The predicted octanol–water partition coefficient (Wildman–Crippen LogP) is 2.79. The van der Waals surface area contributed by atoms with Crippen molar-refractivity contribution in [2.45, 2.75) is 6.54 Å². The second-order valence-corrected chi connectivity index (χ2v) is 5.31. The summed E-state index contributed by atoms with van der Waals surface area (Å²) in [4.78, 5) is 33.7. The number of carbonyl (C=O) groups is 1. The molecule has 2 aromatic heterocycles. The maximum Gasteiger partial charge on any atom is 0.306 e. The summed E-state index contributed by atoms with van der Waals surface area (Å²) in [5.41, 5.74) is -0.903. The van der Waals surface area contributed by atoms with Gasteiger partial charge in [0, 0.05) is 24.0 Å². The summed E-state index contributed by atoms with van der Waals surface area (Å²) in [7, 11) is 0. The fraction of sp³-hybridized carbons (Fsp3) is 0.0588. The number of hydrogen-bond donors (Lipinski definition) is 1. The number of nitrogens with zero attached hydrogens (tertiary/aromatic N) is 2. The SMILES string of the molecule is O=C(Nc1ccc(F)c([N+](=O)[O-])c1)c1ccc(Cn2ccccc2=O)o1. The quantitative estimate of drug-likeness (QED) is 0.558. The van der Waals surface area contributed by atoms with Crippen LogP contribution in [0, 0.1) is 15.9 Å². The molecule has 0 saturated carbocycles. The topological polar surface area (TPSA) is 107 Å². The Morgan fingerprint density at radius 2 is 2.04 bits per heavy atom. The highest BCUT2D eigenvalue weighted by atomic mass is 19.1. The van der Waals surface area contributed by atoms with Gasteiger partial charge in [-0.25, -0.2) is 0 Å². The van der Waals surface area contributed by atoms with Gasteiger partial charge in [0.15, 0.2) is 5.76 Å². The number of carbonyl (C=O) groups excluding carboxylic acids is 1. The third-order valence-electron chi connectivity index (χ3n) is 3.51. The summed E-state index contributed by atoms with van der Waals surface area (Å²) in [6.07, 6.45) is 1.59. The Hall–Kier alpha value is -3.75. The molecule has 0 unspecified atom stereocenters. The van der Waals surface area contributed by atoms with E-state index in [0.717, 1.165) is 12.1 Å². The first-order valence-electron chi connectivity index (χ1n) is 7.43. The normalized spacial score (nSPS) is 10.5. The van der Waals surface area contributed by atoms with Crippen LogP contribution < -0.4 is 10.9 Å². The molecular weight excluding hydrogens is 345 g/mol. The van der Waals surface area contributed by atoms with Crippen molar-refractivity contribution in [2.24, 2.45) is 0 Å². The average molecular weight is 357 g/mol. The molecule has 1 N–H and O–H groups in total. The summed E-state index contributed by atoms with van der Waals surface area (Å²) < 4.78 is 20.1. The van der Waals surface area contributed by atoms with Crippen LogP contribution in [0.1, 0.15) is 16.3 Å². The lowest BCUT2D eigenvalue weighted by molar-refractivity contribution is -0.387. The monoisotopic (exact) mass is 357 g/mol. The van der Waals surface area contributed by atoms with Crippen LogP contribution in [0.3, 0.4) is 0 Å². The molecular formula is C17H12FN3O5. The van der Waals surface area contributed by atoms with E-state index in [1.54, 1.807) is 24.4 Å². The van der Waals surface area contributed by atoms with E-state index in [1.807, 2.05) is 0 Å². The fourth-order valence-corrected chi connectivity index (χ4v) is 2.27. The molecule has 26 heavy (non-hydrogen) atoms. The number of rotatable bonds is 5. The van der Waals surface area contributed by atoms with Gasteiger partial charge in [-0.2, -0.15) is 4.39 Å². The Labute approximate surface area is 145 Å². The van der Waals surface area contributed by atoms with E-state index in [1.165, 1.54) is 22.8 Å². The van der Waals surface area contributed by atoms with Crippen molar-refractivity contribution in [3.63, 3.8) is 0 Å². The molecule has 3 rings (SSSR count). The zero-order valence-electron chi connectivity index (χ0n) is 13.2. The minimum atomic E-state index is -0.999. The molecule has 0 radical (unpaired) electrons. The summed E-state index contributed by atoms with van der Waals surface area (Å²) >= 11 is 0. The van der Waals surface area contributed by atoms with Gasteiger partial charge in [-0.05, 0) is 30.3 Å². The number of aromatic nitrogens is 1. The molecule has 0 atom stereocenters. The van der Waals surface area contributed by atoms with E-state index in [4.69, 9.17) is 4.42 Å². The van der Waals surface area contributed by atoms with Crippen LogP contribution in [-0.2, 0) is 6.54 Å². The van der Waals surface area contributed by atoms with Crippen molar-refractivity contribution < 1.29 is 18.5 Å². The van der Waals surface area contributed by atoms with Crippen LogP contribution in [0.4, 0.5) is 15.8 Å². The Bertz CT molecular complexity index is 1040. The number of halogens is 1. The third-order valence-corrected chi connectivity index (χ3v) is 3.51. The highest BCUT2D eigenvalue weighted by Crippen LogP contribution is 2.22. The standard InChI is InChI=1S/C17H12FN3O5/c18-13-6-4-11(9-14(13)21(24)25)19-17(23)15-7-5-12(26-15)10-20-8-2-1-3-16(20)22/h1-9H,10H2,(H,19,23). The van der Waals surface area contributed by atoms with Gasteiger partial charge < -0.3 is 14.3 Å². The maximum atomic E-state index is 13.3. The van der Waals surface area contributed by atoms with Crippen molar-refractivity contribution in [1.82, 2.24) is 4.57 Å². The van der Waals surface area contributed by atoms with Crippen LogP contribution in [0.2, 0.25) is 0 Å². The zero-order valence-corrected chi connectivity index (χ0v) is 13.2. The largest absolute Gasteiger partial charge is 0.454 e. The number of anilines is 1. The Balaban J connectivity index is 1.74. The van der Waals surface area contributed by atoms with Crippen molar-refractivity contribution in [3.05, 3.63) is 92.5 Å². The molecule has 9 heteroatoms. The summed E-state index contributed by atoms with van der Waals surface area (Å²) in [6.45, 7) is 0.148. The van der Waals surface area contributed by atoms with E-state index in [2.05, 4.69) is 5.32 Å². The molecule has 8 nitrogen and oxygen atoms in total. The molecule has 2 heterocycles. The molecule has 0 aliphatic rings. The van der Waals surface area contributed by atoms with Crippen LogP contribution in [0.5, 0.6) is 0 Å². The van der Waals surface area contributed by atoms with Gasteiger partial charge in [-0.3, -0.25) is 19.7 Å². The summed E-state index contributed by atoms with van der Waals surface area (Å²) in [6, 6.07) is 10.7. The zero-order chi connectivity index (χ0) is 18.7. The van der Waals surface area contributed by atoms with Gasteiger partial charge >= 0.3 is 5.69 Å². The molecule has 3 aromatic rings.